The van der Waals surface area contributed by atoms with Gasteiger partial charge in [0.1, 0.15) is 5.82 Å². The van der Waals surface area contributed by atoms with Crippen molar-refractivity contribution >= 4 is 11.5 Å². The van der Waals surface area contributed by atoms with E-state index < -0.39 is 12.8 Å². The third kappa shape index (κ3) is 4.40. The molecule has 8 heteroatoms. The number of nitrogen functional groups attached to an aromatic ring is 1. The number of pyridine rings is 1. The van der Waals surface area contributed by atoms with Crippen LogP contribution in [-0.2, 0) is 0 Å². The van der Waals surface area contributed by atoms with E-state index in [-0.39, 0.29) is 11.6 Å². The first-order valence-corrected chi connectivity index (χ1v) is 7.14. The molecule has 1 aromatic rings. The van der Waals surface area contributed by atoms with Gasteiger partial charge in [-0.1, -0.05) is 0 Å². The average molecular weight is 318 g/mol. The highest BCUT2D eigenvalue weighted by Gasteiger charge is 2.29. The van der Waals surface area contributed by atoms with Crippen molar-refractivity contribution in [3.05, 3.63) is 12.1 Å². The molecule has 0 aromatic carbocycles. The van der Waals surface area contributed by atoms with Crippen molar-refractivity contribution in [3.63, 3.8) is 0 Å². The molecule has 1 aliphatic rings. The van der Waals surface area contributed by atoms with Gasteiger partial charge in [-0.15, -0.1) is 0 Å². The van der Waals surface area contributed by atoms with E-state index in [4.69, 9.17) is 10.5 Å². The lowest BCUT2D eigenvalue weighted by Gasteiger charge is -2.35. The minimum atomic E-state index is -4.41. The third-order valence-electron chi connectivity index (χ3n) is 3.77. The summed E-state index contributed by atoms with van der Waals surface area (Å²) in [6.07, 6.45) is -2.44. The van der Waals surface area contributed by atoms with Crippen LogP contribution in [0.15, 0.2) is 12.1 Å². The van der Waals surface area contributed by atoms with Gasteiger partial charge in [0.2, 0.25) is 5.88 Å². The Balaban J connectivity index is 2.03. The molecule has 22 heavy (non-hydrogen) atoms. The lowest BCUT2D eigenvalue weighted by molar-refractivity contribution is -0.153. The number of ether oxygens (including phenoxy) is 1. The van der Waals surface area contributed by atoms with Crippen LogP contribution in [0.3, 0.4) is 0 Å². The van der Waals surface area contributed by atoms with Crippen molar-refractivity contribution in [2.75, 3.05) is 44.4 Å². The van der Waals surface area contributed by atoms with Gasteiger partial charge in [-0.25, -0.2) is 0 Å². The maximum absolute atomic E-state index is 12.2. The molecule has 1 aromatic heterocycles. The molecule has 0 amide bonds. The minimum Gasteiger partial charge on any atom is -0.466 e. The zero-order valence-electron chi connectivity index (χ0n) is 12.7. The van der Waals surface area contributed by atoms with Crippen LogP contribution in [0, 0.1) is 0 Å². The van der Waals surface area contributed by atoms with Gasteiger partial charge < -0.3 is 20.3 Å². The smallest absolute Gasteiger partial charge is 0.422 e. The van der Waals surface area contributed by atoms with Crippen molar-refractivity contribution in [2.45, 2.75) is 25.1 Å². The highest BCUT2D eigenvalue weighted by molar-refractivity contribution is 5.54. The number of anilines is 2. The monoisotopic (exact) mass is 318 g/mol. The molecular weight excluding hydrogens is 297 g/mol. The van der Waals surface area contributed by atoms with Crippen LogP contribution in [0.5, 0.6) is 5.88 Å². The quantitative estimate of drug-likeness (QED) is 0.922. The molecule has 2 heterocycles. The van der Waals surface area contributed by atoms with Crippen LogP contribution >= 0.6 is 0 Å². The molecular formula is C14H21F3N4O. The number of hydrogen-bond acceptors (Lipinski definition) is 5. The normalized spacial score (nSPS) is 17.1. The van der Waals surface area contributed by atoms with Gasteiger partial charge in [0, 0.05) is 19.1 Å². The Bertz CT molecular complexity index is 499. The van der Waals surface area contributed by atoms with E-state index >= 15 is 0 Å². The molecule has 5 nitrogen and oxygen atoms in total. The molecule has 124 valence electrons. The molecule has 0 bridgehead atoms. The SMILES string of the molecule is CN(C)C1CCN(c2ccc(N)c(OCC(F)(F)F)n2)CC1. The minimum absolute atomic E-state index is 0.108. The molecule has 0 unspecified atom stereocenters. The lowest BCUT2D eigenvalue weighted by atomic mass is 10.0. The van der Waals surface area contributed by atoms with Gasteiger partial charge in [-0.05, 0) is 39.1 Å². The highest BCUT2D eigenvalue weighted by atomic mass is 19.4. The topological polar surface area (TPSA) is 54.6 Å². The summed E-state index contributed by atoms with van der Waals surface area (Å²) in [5.74, 6) is 0.438. The second-order valence-corrected chi connectivity index (χ2v) is 5.65. The van der Waals surface area contributed by atoms with Crippen molar-refractivity contribution < 1.29 is 17.9 Å². The Hall–Kier alpha value is -1.70. The predicted molar refractivity (Wildman–Crippen MR) is 79.1 cm³/mol. The van der Waals surface area contributed by atoms with Gasteiger partial charge in [-0.3, -0.25) is 0 Å². The first kappa shape index (κ1) is 16.7. The van der Waals surface area contributed by atoms with Gasteiger partial charge in [0.25, 0.3) is 0 Å². The zero-order valence-corrected chi connectivity index (χ0v) is 12.7. The Morgan fingerprint density at radius 2 is 1.95 bits per heavy atom. The Morgan fingerprint density at radius 1 is 1.32 bits per heavy atom. The highest BCUT2D eigenvalue weighted by Crippen LogP contribution is 2.27. The number of halogens is 3. The van der Waals surface area contributed by atoms with Gasteiger partial charge in [0.15, 0.2) is 6.61 Å². The number of nitrogens with zero attached hydrogens (tertiary/aromatic N) is 3. The third-order valence-corrected chi connectivity index (χ3v) is 3.77. The number of alkyl halides is 3. The van der Waals surface area contributed by atoms with E-state index in [1.54, 1.807) is 6.07 Å². The first-order valence-electron chi connectivity index (χ1n) is 7.14. The van der Waals surface area contributed by atoms with Gasteiger partial charge >= 0.3 is 6.18 Å². The fourth-order valence-electron chi connectivity index (χ4n) is 2.49. The number of rotatable bonds is 4. The summed E-state index contributed by atoms with van der Waals surface area (Å²) in [4.78, 5) is 8.36. The van der Waals surface area contributed by atoms with Crippen LogP contribution in [0.2, 0.25) is 0 Å². The largest absolute Gasteiger partial charge is 0.466 e. The molecule has 0 aliphatic carbocycles. The first-order chi connectivity index (χ1) is 10.3. The number of piperidine rings is 1. The molecule has 1 saturated heterocycles. The van der Waals surface area contributed by atoms with E-state index in [2.05, 4.69) is 9.88 Å². The van der Waals surface area contributed by atoms with Crippen LogP contribution in [-0.4, -0.2) is 55.9 Å². The fraction of sp³-hybridized carbons (Fsp3) is 0.643. The Kier molecular flexibility index (Phi) is 5.00. The maximum Gasteiger partial charge on any atom is 0.422 e. The Labute approximate surface area is 127 Å². The van der Waals surface area contributed by atoms with Crippen molar-refractivity contribution in [3.8, 4) is 5.88 Å². The molecule has 0 spiro atoms. The van der Waals surface area contributed by atoms with E-state index in [1.807, 2.05) is 19.0 Å². The molecule has 0 radical (unpaired) electrons. The Morgan fingerprint density at radius 3 is 2.50 bits per heavy atom. The molecule has 0 saturated carbocycles. The molecule has 1 aliphatic heterocycles. The standard InChI is InChI=1S/C14H21F3N4O/c1-20(2)10-5-7-21(8-6-10)12-4-3-11(18)13(19-12)22-9-14(15,16)17/h3-4,10H,5-9,18H2,1-2H3. The molecule has 2 N–H and O–H groups in total. The zero-order chi connectivity index (χ0) is 16.3. The van der Waals surface area contributed by atoms with Crippen molar-refractivity contribution in [1.29, 1.82) is 0 Å². The summed E-state index contributed by atoms with van der Waals surface area (Å²) < 4.78 is 41.4. The summed E-state index contributed by atoms with van der Waals surface area (Å²) in [5.41, 5.74) is 5.74. The lowest BCUT2D eigenvalue weighted by Crippen LogP contribution is -2.42. The fourth-order valence-corrected chi connectivity index (χ4v) is 2.49. The number of nitrogens with two attached hydrogens (primary N) is 1. The average Bonchev–Trinajstić information content (AvgIpc) is 2.45. The summed E-state index contributed by atoms with van der Waals surface area (Å²) in [7, 11) is 4.09. The maximum atomic E-state index is 12.2. The van der Waals surface area contributed by atoms with Crippen molar-refractivity contribution in [2.24, 2.45) is 0 Å². The molecule has 2 rings (SSSR count). The van der Waals surface area contributed by atoms with E-state index in [0.717, 1.165) is 25.9 Å². The van der Waals surface area contributed by atoms with E-state index in [1.165, 1.54) is 6.07 Å². The summed E-state index contributed by atoms with van der Waals surface area (Å²) >= 11 is 0. The van der Waals surface area contributed by atoms with Gasteiger partial charge in [-0.2, -0.15) is 18.2 Å². The van der Waals surface area contributed by atoms with Crippen molar-refractivity contribution in [1.82, 2.24) is 9.88 Å². The van der Waals surface area contributed by atoms with Crippen LogP contribution in [0.4, 0.5) is 24.7 Å². The second kappa shape index (κ2) is 6.60. The predicted octanol–water partition coefficient (Wildman–Crippen LogP) is 2.14. The second-order valence-electron chi connectivity index (χ2n) is 5.65. The number of aromatic nitrogens is 1. The van der Waals surface area contributed by atoms with Crippen LogP contribution in [0.1, 0.15) is 12.8 Å². The van der Waals surface area contributed by atoms with E-state index in [0.29, 0.717) is 11.9 Å². The molecule has 0 atom stereocenters. The van der Waals surface area contributed by atoms with Crippen LogP contribution < -0.4 is 15.4 Å². The van der Waals surface area contributed by atoms with Gasteiger partial charge in [0.05, 0.1) is 5.69 Å². The van der Waals surface area contributed by atoms with Crippen LogP contribution in [0.25, 0.3) is 0 Å². The summed E-state index contributed by atoms with van der Waals surface area (Å²) in [6, 6.07) is 3.77. The van der Waals surface area contributed by atoms with E-state index in [9.17, 15) is 13.2 Å². The molecule has 1 fully saturated rings. The summed E-state index contributed by atoms with van der Waals surface area (Å²) in [5, 5.41) is 0. The summed E-state index contributed by atoms with van der Waals surface area (Å²) in [6.45, 7) is 0.216. The number of hydrogen-bond donors (Lipinski definition) is 1.